The number of hydrogen-bond donors (Lipinski definition) is 2. The molecule has 0 aliphatic heterocycles. The molecule has 25 heavy (non-hydrogen) atoms. The van der Waals surface area contributed by atoms with E-state index >= 15 is 0 Å². The van der Waals surface area contributed by atoms with Crippen LogP contribution in [-0.2, 0) is 6.54 Å². The second kappa shape index (κ2) is 7.91. The first-order valence-corrected chi connectivity index (χ1v) is 9.16. The van der Waals surface area contributed by atoms with Crippen molar-refractivity contribution in [2.24, 2.45) is 10.7 Å². The summed E-state index contributed by atoms with van der Waals surface area (Å²) in [6.45, 7) is 2.34. The van der Waals surface area contributed by atoms with Gasteiger partial charge in [-0.15, -0.1) is 11.3 Å². The summed E-state index contributed by atoms with van der Waals surface area (Å²) in [5.41, 5.74) is 7.70. The lowest BCUT2D eigenvalue weighted by Gasteiger charge is -2.16. The highest BCUT2D eigenvalue weighted by atomic mass is 35.5. The maximum atomic E-state index is 6.21. The fourth-order valence-electron chi connectivity index (χ4n) is 2.26. The van der Waals surface area contributed by atoms with Crippen LogP contribution in [0.5, 0.6) is 0 Å². The molecule has 3 N–H and O–H groups in total. The molecule has 0 radical (unpaired) electrons. The first-order chi connectivity index (χ1) is 12.0. The summed E-state index contributed by atoms with van der Waals surface area (Å²) in [5.74, 6) is 1.07. The molecule has 0 bridgehead atoms. The van der Waals surface area contributed by atoms with E-state index in [2.05, 4.69) is 15.3 Å². The topological polar surface area (TPSA) is 76.4 Å². The molecular weight excluding hydrogens is 379 g/mol. The fourth-order valence-corrected chi connectivity index (χ4v) is 3.61. The maximum Gasteiger partial charge on any atom is 0.189 e. The van der Waals surface area contributed by atoms with Gasteiger partial charge in [0.05, 0.1) is 24.5 Å². The SMILES string of the molecule is CC(NC(N)=NCc1csc(-c2ccco2)n1)c1ccc(Cl)cc1Cl. The van der Waals surface area contributed by atoms with Crippen molar-refractivity contribution < 1.29 is 4.42 Å². The molecule has 2 heterocycles. The average molecular weight is 395 g/mol. The van der Waals surface area contributed by atoms with Crippen LogP contribution >= 0.6 is 34.5 Å². The minimum Gasteiger partial charge on any atom is -0.462 e. The first-order valence-electron chi connectivity index (χ1n) is 7.52. The van der Waals surface area contributed by atoms with Gasteiger partial charge in [0, 0.05) is 15.4 Å². The summed E-state index contributed by atoms with van der Waals surface area (Å²) in [6, 6.07) is 8.97. The molecule has 2 aromatic heterocycles. The average Bonchev–Trinajstić information content (AvgIpc) is 3.24. The minimum atomic E-state index is -0.0948. The lowest BCUT2D eigenvalue weighted by Crippen LogP contribution is -2.34. The zero-order valence-corrected chi connectivity index (χ0v) is 15.7. The number of rotatable bonds is 5. The molecule has 0 aliphatic carbocycles. The number of nitrogens with one attached hydrogen (secondary N) is 1. The third kappa shape index (κ3) is 4.54. The Morgan fingerprint density at radius 2 is 2.24 bits per heavy atom. The van der Waals surface area contributed by atoms with Crippen LogP contribution in [0.1, 0.15) is 24.2 Å². The maximum absolute atomic E-state index is 6.21. The van der Waals surface area contributed by atoms with Crippen molar-refractivity contribution in [3.8, 4) is 10.8 Å². The number of nitrogens with two attached hydrogens (primary N) is 1. The Hall–Kier alpha value is -2.02. The standard InChI is InChI=1S/C17H16Cl2N4OS/c1-10(13-5-4-11(18)7-14(13)19)22-17(20)21-8-12-9-25-16(23-12)15-3-2-6-24-15/h2-7,9-10H,8H2,1H3,(H3,20,21,22). The van der Waals surface area contributed by atoms with E-state index in [1.807, 2.05) is 30.5 Å². The number of nitrogens with zero attached hydrogens (tertiary/aromatic N) is 2. The van der Waals surface area contributed by atoms with Crippen molar-refractivity contribution in [1.82, 2.24) is 10.3 Å². The smallest absolute Gasteiger partial charge is 0.189 e. The van der Waals surface area contributed by atoms with Gasteiger partial charge in [0.25, 0.3) is 0 Å². The molecule has 0 amide bonds. The summed E-state index contributed by atoms with van der Waals surface area (Å²) in [6.07, 6.45) is 1.62. The van der Waals surface area contributed by atoms with Crippen LogP contribution in [0.15, 0.2) is 51.4 Å². The zero-order chi connectivity index (χ0) is 17.8. The molecule has 3 rings (SSSR count). The van der Waals surface area contributed by atoms with Crippen molar-refractivity contribution in [3.63, 3.8) is 0 Å². The second-order valence-corrected chi connectivity index (χ2v) is 7.06. The van der Waals surface area contributed by atoms with E-state index in [9.17, 15) is 0 Å². The number of aromatic nitrogens is 1. The van der Waals surface area contributed by atoms with Gasteiger partial charge in [0.1, 0.15) is 0 Å². The summed E-state index contributed by atoms with van der Waals surface area (Å²) < 4.78 is 5.33. The van der Waals surface area contributed by atoms with Crippen LogP contribution in [0.4, 0.5) is 0 Å². The van der Waals surface area contributed by atoms with Crippen molar-refractivity contribution in [3.05, 3.63) is 63.3 Å². The Labute approximate surface area is 159 Å². The summed E-state index contributed by atoms with van der Waals surface area (Å²) in [5, 5.41) is 7.06. The van der Waals surface area contributed by atoms with Crippen LogP contribution in [0.2, 0.25) is 10.0 Å². The number of hydrogen-bond acceptors (Lipinski definition) is 4. The number of aliphatic imine (C=N–C) groups is 1. The highest BCUT2D eigenvalue weighted by Gasteiger charge is 2.11. The number of thiazole rings is 1. The molecule has 1 aromatic carbocycles. The Balaban J connectivity index is 1.62. The van der Waals surface area contributed by atoms with Gasteiger partial charge in [-0.25, -0.2) is 9.98 Å². The minimum absolute atomic E-state index is 0.0948. The lowest BCUT2D eigenvalue weighted by molar-refractivity contribution is 0.581. The van der Waals surface area contributed by atoms with Crippen LogP contribution in [0.3, 0.4) is 0 Å². The summed E-state index contributed by atoms with van der Waals surface area (Å²) >= 11 is 13.6. The van der Waals surface area contributed by atoms with Gasteiger partial charge >= 0.3 is 0 Å². The number of furan rings is 1. The van der Waals surface area contributed by atoms with Crippen LogP contribution in [0.25, 0.3) is 10.8 Å². The monoisotopic (exact) mass is 394 g/mol. The van der Waals surface area contributed by atoms with Gasteiger partial charge in [-0.2, -0.15) is 0 Å². The van der Waals surface area contributed by atoms with Crippen LogP contribution in [-0.4, -0.2) is 10.9 Å². The summed E-state index contributed by atoms with van der Waals surface area (Å²) in [4.78, 5) is 8.81. The molecule has 5 nitrogen and oxygen atoms in total. The highest BCUT2D eigenvalue weighted by molar-refractivity contribution is 7.13. The number of benzene rings is 1. The van der Waals surface area contributed by atoms with E-state index < -0.39 is 0 Å². The van der Waals surface area contributed by atoms with E-state index in [4.69, 9.17) is 33.4 Å². The van der Waals surface area contributed by atoms with Crippen molar-refractivity contribution in [2.45, 2.75) is 19.5 Å². The predicted octanol–water partition coefficient (Wildman–Crippen LogP) is 4.88. The molecule has 0 aliphatic rings. The van der Waals surface area contributed by atoms with Gasteiger partial charge in [-0.3, -0.25) is 0 Å². The Bertz CT molecular complexity index is 877. The lowest BCUT2D eigenvalue weighted by atomic mass is 10.1. The third-order valence-electron chi connectivity index (χ3n) is 3.49. The summed E-state index contributed by atoms with van der Waals surface area (Å²) in [7, 11) is 0. The third-order valence-corrected chi connectivity index (χ3v) is 4.96. The van der Waals surface area contributed by atoms with Crippen molar-refractivity contribution in [2.75, 3.05) is 0 Å². The molecule has 1 unspecified atom stereocenters. The second-order valence-electron chi connectivity index (χ2n) is 5.35. The predicted molar refractivity (Wildman–Crippen MR) is 103 cm³/mol. The van der Waals surface area contributed by atoms with Gasteiger partial charge in [0.2, 0.25) is 0 Å². The molecule has 0 saturated heterocycles. The molecular formula is C17H16Cl2N4OS. The molecule has 1 atom stereocenters. The first kappa shape index (κ1) is 17.8. The molecule has 0 spiro atoms. The fraction of sp³-hybridized carbons (Fsp3) is 0.176. The normalized spacial score (nSPS) is 13.0. The molecule has 130 valence electrons. The molecule has 8 heteroatoms. The highest BCUT2D eigenvalue weighted by Crippen LogP contribution is 2.26. The van der Waals surface area contributed by atoms with E-state index in [1.54, 1.807) is 18.4 Å². The van der Waals surface area contributed by atoms with Crippen LogP contribution in [0, 0.1) is 0 Å². The Morgan fingerprint density at radius 3 is 2.96 bits per heavy atom. The molecule has 0 saturated carbocycles. The Kier molecular flexibility index (Phi) is 5.63. The largest absolute Gasteiger partial charge is 0.462 e. The van der Waals surface area contributed by atoms with Gasteiger partial charge in [-0.1, -0.05) is 29.3 Å². The van der Waals surface area contributed by atoms with E-state index in [-0.39, 0.29) is 6.04 Å². The van der Waals surface area contributed by atoms with E-state index in [0.717, 1.165) is 22.0 Å². The number of halogens is 2. The molecule has 0 fully saturated rings. The van der Waals surface area contributed by atoms with E-state index in [1.165, 1.54) is 11.3 Å². The van der Waals surface area contributed by atoms with Crippen molar-refractivity contribution >= 4 is 40.5 Å². The van der Waals surface area contributed by atoms with Crippen LogP contribution < -0.4 is 11.1 Å². The van der Waals surface area contributed by atoms with Crippen molar-refractivity contribution in [1.29, 1.82) is 0 Å². The molecule has 3 aromatic rings. The van der Waals surface area contributed by atoms with Gasteiger partial charge in [-0.05, 0) is 36.8 Å². The van der Waals surface area contributed by atoms with Gasteiger partial charge in [0.15, 0.2) is 16.7 Å². The zero-order valence-electron chi connectivity index (χ0n) is 13.4. The Morgan fingerprint density at radius 1 is 1.40 bits per heavy atom. The number of guanidine groups is 1. The quantitative estimate of drug-likeness (QED) is 0.477. The van der Waals surface area contributed by atoms with Gasteiger partial charge < -0.3 is 15.5 Å². The van der Waals surface area contributed by atoms with E-state index in [0.29, 0.717) is 22.5 Å².